The molecule has 0 aliphatic carbocycles. The Hall–Kier alpha value is -3.28. The Morgan fingerprint density at radius 2 is 1.93 bits per heavy atom. The van der Waals surface area contributed by atoms with Gasteiger partial charge >= 0.3 is 6.18 Å². The number of halogens is 4. The van der Waals surface area contributed by atoms with Crippen molar-refractivity contribution in [2.24, 2.45) is 0 Å². The van der Waals surface area contributed by atoms with E-state index in [9.17, 15) is 18.0 Å². The highest BCUT2D eigenvalue weighted by Crippen LogP contribution is 2.32. The van der Waals surface area contributed by atoms with Gasteiger partial charge in [0.05, 0.1) is 16.8 Å². The Labute approximate surface area is 162 Å². The number of rotatable bonds is 3. The van der Waals surface area contributed by atoms with Gasteiger partial charge in [0, 0.05) is 15.4 Å². The second-order valence-corrected chi connectivity index (χ2v) is 6.63. The van der Waals surface area contributed by atoms with Crippen LogP contribution in [-0.2, 0) is 6.18 Å². The standard InChI is InChI=1S/C16H9BrF3N7O/c17-8-2-4-11(10(6-8)14-24-26-27-25-14)21-15(28)13-9-5-7(16(18,19)20)1-3-12(9)22-23-13/h1-6H,(H,21,28)(H,22,23)(H,24,25,26,27). The number of aromatic amines is 2. The molecule has 0 atom stereocenters. The number of hydrogen-bond donors (Lipinski definition) is 3. The molecule has 0 bridgehead atoms. The first-order chi connectivity index (χ1) is 13.3. The SMILES string of the molecule is O=C(Nc1ccc(Br)cc1-c1nn[nH]n1)c1n[nH]c2ccc(C(F)(F)F)cc12. The van der Waals surface area contributed by atoms with E-state index in [0.29, 0.717) is 21.2 Å². The first kappa shape index (κ1) is 18.1. The van der Waals surface area contributed by atoms with E-state index in [1.165, 1.54) is 6.07 Å². The van der Waals surface area contributed by atoms with E-state index < -0.39 is 17.6 Å². The molecule has 0 fully saturated rings. The van der Waals surface area contributed by atoms with Gasteiger partial charge in [-0.1, -0.05) is 15.9 Å². The normalized spacial score (nSPS) is 11.7. The number of nitrogens with zero attached hydrogens (tertiary/aromatic N) is 4. The Morgan fingerprint density at radius 1 is 1.11 bits per heavy atom. The quantitative estimate of drug-likeness (QED) is 0.438. The van der Waals surface area contributed by atoms with Gasteiger partial charge < -0.3 is 5.32 Å². The molecule has 0 spiro atoms. The zero-order chi connectivity index (χ0) is 19.9. The number of alkyl halides is 3. The van der Waals surface area contributed by atoms with Gasteiger partial charge in [0.2, 0.25) is 5.82 Å². The molecule has 2 aromatic heterocycles. The van der Waals surface area contributed by atoms with E-state index in [1.54, 1.807) is 18.2 Å². The van der Waals surface area contributed by atoms with Crippen molar-refractivity contribution >= 4 is 38.4 Å². The summed E-state index contributed by atoms with van der Waals surface area (Å²) in [6, 6.07) is 7.99. The average Bonchev–Trinajstić information content (AvgIpc) is 3.31. The van der Waals surface area contributed by atoms with Crippen molar-refractivity contribution in [2.75, 3.05) is 5.32 Å². The van der Waals surface area contributed by atoms with Crippen LogP contribution in [0, 0.1) is 0 Å². The minimum Gasteiger partial charge on any atom is -0.320 e. The highest BCUT2D eigenvalue weighted by Gasteiger charge is 2.31. The number of tetrazole rings is 1. The van der Waals surface area contributed by atoms with E-state index in [4.69, 9.17) is 0 Å². The highest BCUT2D eigenvalue weighted by molar-refractivity contribution is 9.10. The van der Waals surface area contributed by atoms with Crippen LogP contribution in [0.3, 0.4) is 0 Å². The van der Waals surface area contributed by atoms with E-state index in [0.717, 1.165) is 12.1 Å². The summed E-state index contributed by atoms with van der Waals surface area (Å²) in [7, 11) is 0. The number of hydrogen-bond acceptors (Lipinski definition) is 5. The Morgan fingerprint density at radius 3 is 2.64 bits per heavy atom. The van der Waals surface area contributed by atoms with Crippen LogP contribution in [0.15, 0.2) is 40.9 Å². The number of H-pyrrole nitrogens is 2. The van der Waals surface area contributed by atoms with Gasteiger partial charge in [0.15, 0.2) is 5.69 Å². The topological polar surface area (TPSA) is 112 Å². The first-order valence-electron chi connectivity index (χ1n) is 7.73. The van der Waals surface area contributed by atoms with Crippen molar-refractivity contribution < 1.29 is 18.0 Å². The molecule has 4 aromatic rings. The fraction of sp³-hybridized carbons (Fsp3) is 0.0625. The molecule has 4 rings (SSSR count). The van der Waals surface area contributed by atoms with Gasteiger partial charge in [-0.2, -0.15) is 23.5 Å². The summed E-state index contributed by atoms with van der Waals surface area (Å²) in [5.74, 6) is -0.444. The smallest absolute Gasteiger partial charge is 0.320 e. The van der Waals surface area contributed by atoms with Crippen LogP contribution in [0.4, 0.5) is 18.9 Å². The van der Waals surface area contributed by atoms with Crippen molar-refractivity contribution in [1.29, 1.82) is 0 Å². The third kappa shape index (κ3) is 3.33. The summed E-state index contributed by atoms with van der Waals surface area (Å²) in [6.07, 6.45) is -4.53. The molecule has 12 heteroatoms. The number of carbonyl (C=O) groups is 1. The number of benzene rings is 2. The van der Waals surface area contributed by atoms with E-state index in [2.05, 4.69) is 52.1 Å². The molecular weight excluding hydrogens is 443 g/mol. The molecule has 2 heterocycles. The van der Waals surface area contributed by atoms with Crippen LogP contribution in [0.2, 0.25) is 0 Å². The lowest BCUT2D eigenvalue weighted by Crippen LogP contribution is -2.14. The summed E-state index contributed by atoms with van der Waals surface area (Å²) in [6.45, 7) is 0. The van der Waals surface area contributed by atoms with Crippen LogP contribution in [0.25, 0.3) is 22.3 Å². The molecule has 0 radical (unpaired) electrons. The van der Waals surface area contributed by atoms with Crippen molar-refractivity contribution in [3.05, 3.63) is 52.1 Å². The zero-order valence-electron chi connectivity index (χ0n) is 13.7. The molecule has 0 aliphatic rings. The van der Waals surface area contributed by atoms with Gasteiger partial charge in [0.25, 0.3) is 5.91 Å². The van der Waals surface area contributed by atoms with Gasteiger partial charge in [-0.25, -0.2) is 0 Å². The molecule has 0 saturated heterocycles. The van der Waals surface area contributed by atoms with Crippen LogP contribution < -0.4 is 5.32 Å². The molecule has 2 aromatic carbocycles. The monoisotopic (exact) mass is 451 g/mol. The maximum absolute atomic E-state index is 13.0. The second-order valence-electron chi connectivity index (χ2n) is 5.71. The maximum atomic E-state index is 13.0. The van der Waals surface area contributed by atoms with Gasteiger partial charge in [-0.05, 0) is 41.6 Å². The third-order valence-electron chi connectivity index (χ3n) is 3.92. The predicted octanol–water partition coefficient (Wildman–Crippen LogP) is 3.78. The van der Waals surface area contributed by atoms with Crippen LogP contribution >= 0.6 is 15.9 Å². The summed E-state index contributed by atoms with van der Waals surface area (Å²) in [5, 5.41) is 22.7. The molecule has 0 saturated carbocycles. The second kappa shape index (κ2) is 6.71. The van der Waals surface area contributed by atoms with Crippen molar-refractivity contribution in [3.8, 4) is 11.4 Å². The third-order valence-corrected chi connectivity index (χ3v) is 4.41. The number of aromatic nitrogens is 6. The van der Waals surface area contributed by atoms with Gasteiger partial charge in [-0.15, -0.1) is 10.2 Å². The summed E-state index contributed by atoms with van der Waals surface area (Å²) in [4.78, 5) is 12.7. The number of nitrogens with one attached hydrogen (secondary N) is 3. The Kier molecular flexibility index (Phi) is 4.34. The van der Waals surface area contributed by atoms with Crippen LogP contribution in [-0.4, -0.2) is 36.7 Å². The minimum absolute atomic E-state index is 0.0607. The van der Waals surface area contributed by atoms with E-state index >= 15 is 0 Å². The molecule has 0 aliphatic heterocycles. The number of anilines is 1. The lowest BCUT2D eigenvalue weighted by atomic mass is 10.1. The summed E-state index contributed by atoms with van der Waals surface area (Å²) >= 11 is 3.32. The molecule has 142 valence electrons. The van der Waals surface area contributed by atoms with Gasteiger partial charge in [-0.3, -0.25) is 9.89 Å². The number of fused-ring (bicyclic) bond motifs is 1. The number of amides is 1. The maximum Gasteiger partial charge on any atom is 0.416 e. The van der Waals surface area contributed by atoms with Crippen molar-refractivity contribution in [3.63, 3.8) is 0 Å². The van der Waals surface area contributed by atoms with Crippen molar-refractivity contribution in [2.45, 2.75) is 6.18 Å². The van der Waals surface area contributed by atoms with Crippen molar-refractivity contribution in [1.82, 2.24) is 30.8 Å². The molecule has 8 nitrogen and oxygen atoms in total. The van der Waals surface area contributed by atoms with E-state index in [-0.39, 0.29) is 16.9 Å². The fourth-order valence-corrected chi connectivity index (χ4v) is 2.99. The minimum atomic E-state index is -4.53. The molecular formula is C16H9BrF3N7O. The number of carbonyl (C=O) groups excluding carboxylic acids is 1. The average molecular weight is 452 g/mol. The zero-order valence-corrected chi connectivity index (χ0v) is 15.3. The Balaban J connectivity index is 1.72. The summed E-state index contributed by atoms with van der Waals surface area (Å²) < 4.78 is 39.7. The lowest BCUT2D eigenvalue weighted by Gasteiger charge is -2.09. The molecule has 1 amide bonds. The van der Waals surface area contributed by atoms with E-state index in [1.807, 2.05) is 0 Å². The van der Waals surface area contributed by atoms with Crippen LogP contribution in [0.5, 0.6) is 0 Å². The summed E-state index contributed by atoms with van der Waals surface area (Å²) in [5.41, 5.74) is 0.0898. The molecule has 28 heavy (non-hydrogen) atoms. The predicted molar refractivity (Wildman–Crippen MR) is 96.4 cm³/mol. The molecule has 0 unspecified atom stereocenters. The highest BCUT2D eigenvalue weighted by atomic mass is 79.9. The Bertz CT molecular complexity index is 1170. The fourth-order valence-electron chi connectivity index (χ4n) is 2.63. The van der Waals surface area contributed by atoms with Gasteiger partial charge in [0.1, 0.15) is 0 Å². The largest absolute Gasteiger partial charge is 0.416 e. The molecule has 3 N–H and O–H groups in total. The van der Waals surface area contributed by atoms with Crippen LogP contribution in [0.1, 0.15) is 16.1 Å². The lowest BCUT2D eigenvalue weighted by molar-refractivity contribution is -0.137. The first-order valence-corrected chi connectivity index (χ1v) is 8.52.